The van der Waals surface area contributed by atoms with E-state index in [-0.39, 0.29) is 11.3 Å². The average molecular weight is 401 g/mol. The van der Waals surface area contributed by atoms with Crippen molar-refractivity contribution < 1.29 is 39.3 Å². The van der Waals surface area contributed by atoms with Gasteiger partial charge in [-0.15, -0.1) is 0 Å². The number of carbonyl (C=O) groups excluding carboxylic acids is 5. The molecular weight excluding hydrogens is 382 g/mol. The lowest BCUT2D eigenvalue weighted by Gasteiger charge is -2.52. The third-order valence-electron chi connectivity index (χ3n) is 6.72. The van der Waals surface area contributed by atoms with E-state index >= 15 is 0 Å². The Balaban J connectivity index is 1.90. The van der Waals surface area contributed by atoms with E-state index in [0.29, 0.717) is 5.56 Å². The number of carbonyl (C=O) groups is 5. The Hall–Kier alpha value is -2.91. The number of primary amides is 1. The van der Waals surface area contributed by atoms with Crippen molar-refractivity contribution in [2.75, 3.05) is 0 Å². The number of aliphatic hydroxyl groups excluding tert-OH is 1. The predicted octanol–water partition coefficient (Wildman–Crippen LogP) is -1.14. The molecule has 0 radical (unpaired) electrons. The van der Waals surface area contributed by atoms with Gasteiger partial charge in [0.15, 0.2) is 34.7 Å². The molecule has 152 valence electrons. The van der Waals surface area contributed by atoms with Crippen LogP contribution in [0.2, 0.25) is 0 Å². The summed E-state index contributed by atoms with van der Waals surface area (Å²) in [5.74, 6) is -12.6. The zero-order valence-corrected chi connectivity index (χ0v) is 15.4. The van der Waals surface area contributed by atoms with Crippen LogP contribution in [0.3, 0.4) is 0 Å². The summed E-state index contributed by atoms with van der Waals surface area (Å²) in [7, 11) is 0. The number of phenolic OH excluding ortho intramolecular Hbond substituents is 1. The summed E-state index contributed by atoms with van der Waals surface area (Å²) in [5.41, 5.74) is 2.55. The second kappa shape index (κ2) is 6.04. The number of phenols is 1. The molecule has 5 N–H and O–H groups in total. The van der Waals surface area contributed by atoms with Crippen molar-refractivity contribution in [1.82, 2.24) is 0 Å². The van der Waals surface area contributed by atoms with E-state index in [9.17, 15) is 39.3 Å². The van der Waals surface area contributed by atoms with Gasteiger partial charge in [0, 0.05) is 18.3 Å². The number of aromatic hydroxyl groups is 1. The van der Waals surface area contributed by atoms with Crippen LogP contribution < -0.4 is 5.73 Å². The van der Waals surface area contributed by atoms with E-state index in [1.807, 2.05) is 0 Å². The minimum Gasteiger partial charge on any atom is -0.507 e. The van der Waals surface area contributed by atoms with Gasteiger partial charge in [0.1, 0.15) is 5.75 Å². The molecule has 6 unspecified atom stereocenters. The molecule has 0 saturated heterocycles. The molecule has 3 aliphatic rings. The quantitative estimate of drug-likeness (QED) is 0.427. The fraction of sp³-hybridized carbons (Fsp3) is 0.450. The molecule has 29 heavy (non-hydrogen) atoms. The number of nitrogens with two attached hydrogens (primary N) is 1. The average Bonchev–Trinajstić information content (AvgIpc) is 2.65. The summed E-state index contributed by atoms with van der Waals surface area (Å²) < 4.78 is 0. The fourth-order valence-electron chi connectivity index (χ4n) is 5.32. The number of hydrogen-bond donors (Lipinski definition) is 4. The van der Waals surface area contributed by atoms with Crippen molar-refractivity contribution in [3.8, 4) is 5.75 Å². The van der Waals surface area contributed by atoms with E-state index in [4.69, 9.17) is 5.73 Å². The molecular formula is C20H19NO8. The second-order valence-corrected chi connectivity index (χ2v) is 8.05. The highest BCUT2D eigenvalue weighted by Crippen LogP contribution is 2.53. The molecule has 1 amide bonds. The Labute approximate surface area is 164 Å². The number of aliphatic hydroxyl groups is 2. The fourth-order valence-corrected chi connectivity index (χ4v) is 5.32. The first-order chi connectivity index (χ1) is 13.5. The van der Waals surface area contributed by atoms with Gasteiger partial charge in [-0.25, -0.2) is 0 Å². The van der Waals surface area contributed by atoms with Crippen LogP contribution in [0.5, 0.6) is 5.75 Å². The van der Waals surface area contributed by atoms with E-state index in [1.54, 1.807) is 13.0 Å². The highest BCUT2D eigenvalue weighted by molar-refractivity contribution is 6.31. The molecule has 0 aromatic heterocycles. The van der Waals surface area contributed by atoms with E-state index in [0.717, 1.165) is 0 Å². The molecule has 1 aromatic rings. The minimum absolute atomic E-state index is 0.102. The van der Waals surface area contributed by atoms with Crippen LogP contribution in [-0.2, 0) is 19.2 Å². The van der Waals surface area contributed by atoms with Gasteiger partial charge in [0.05, 0.1) is 17.6 Å². The normalized spacial score (nSPS) is 38.9. The number of Topliss-reactive ketones (excluding diaryl/α,β-unsaturated/α-hetero) is 4. The van der Waals surface area contributed by atoms with Gasteiger partial charge in [0.25, 0.3) is 0 Å². The van der Waals surface area contributed by atoms with Crippen LogP contribution in [0.4, 0.5) is 0 Å². The van der Waals surface area contributed by atoms with Gasteiger partial charge in [-0.3, -0.25) is 24.0 Å². The summed E-state index contributed by atoms with van der Waals surface area (Å²) in [6.07, 6.45) is -2.14. The Morgan fingerprint density at radius 3 is 2.45 bits per heavy atom. The zero-order valence-electron chi connectivity index (χ0n) is 15.4. The maximum Gasteiger partial charge on any atom is 0.235 e. The minimum atomic E-state index is -2.88. The van der Waals surface area contributed by atoms with Crippen LogP contribution in [0, 0.1) is 23.7 Å². The third kappa shape index (κ3) is 2.25. The molecule has 0 aliphatic heterocycles. The molecule has 9 heteroatoms. The van der Waals surface area contributed by atoms with Crippen LogP contribution in [0.25, 0.3) is 0 Å². The largest absolute Gasteiger partial charge is 0.507 e. The zero-order chi connectivity index (χ0) is 21.4. The maximum atomic E-state index is 13.3. The van der Waals surface area contributed by atoms with Crippen LogP contribution >= 0.6 is 0 Å². The smallest absolute Gasteiger partial charge is 0.235 e. The summed E-state index contributed by atoms with van der Waals surface area (Å²) in [5, 5.41) is 32.2. The molecule has 7 atom stereocenters. The second-order valence-electron chi connectivity index (χ2n) is 8.05. The van der Waals surface area contributed by atoms with Gasteiger partial charge < -0.3 is 21.1 Å². The Kier molecular flexibility index (Phi) is 4.04. The lowest BCUT2D eigenvalue weighted by atomic mass is 9.50. The van der Waals surface area contributed by atoms with Gasteiger partial charge in [-0.05, 0) is 17.5 Å². The number of amides is 1. The van der Waals surface area contributed by atoms with Crippen molar-refractivity contribution in [3.05, 3.63) is 29.3 Å². The first kappa shape index (κ1) is 19.4. The Morgan fingerprint density at radius 2 is 1.83 bits per heavy atom. The molecule has 0 spiro atoms. The van der Waals surface area contributed by atoms with Gasteiger partial charge in [0.2, 0.25) is 5.91 Å². The first-order valence-electron chi connectivity index (χ1n) is 9.20. The lowest BCUT2D eigenvalue weighted by molar-refractivity contribution is -0.189. The van der Waals surface area contributed by atoms with Crippen LogP contribution in [0.1, 0.15) is 35.2 Å². The Morgan fingerprint density at radius 1 is 1.17 bits per heavy atom. The van der Waals surface area contributed by atoms with Gasteiger partial charge >= 0.3 is 0 Å². The van der Waals surface area contributed by atoms with E-state index in [2.05, 4.69) is 0 Å². The highest BCUT2D eigenvalue weighted by atomic mass is 16.3. The summed E-state index contributed by atoms with van der Waals surface area (Å²) in [6, 6.07) is 4.39. The Bertz CT molecular complexity index is 1000. The standard InChI is InChI=1S/C20H19NO8/c1-6-7-3-2-4-9(22)12(7)16(25)14-11(6)15(24)8-5-10(23)13(19(21)28)17(26)20(8,29)18(14)27/h2-4,6,8,11,13-15,22,24,29H,5H2,1H3,(H2,21,28)/t6?,8?,11?,13?,14?,15?,20-/m1/s1. The van der Waals surface area contributed by atoms with Crippen molar-refractivity contribution in [2.45, 2.75) is 31.0 Å². The first-order valence-corrected chi connectivity index (χ1v) is 9.20. The highest BCUT2D eigenvalue weighted by Gasteiger charge is 2.69. The van der Waals surface area contributed by atoms with Crippen molar-refractivity contribution in [1.29, 1.82) is 0 Å². The number of rotatable bonds is 1. The van der Waals surface area contributed by atoms with Crippen LogP contribution in [0.15, 0.2) is 18.2 Å². The number of hydrogen-bond acceptors (Lipinski definition) is 8. The summed E-state index contributed by atoms with van der Waals surface area (Å²) >= 11 is 0. The molecule has 0 bridgehead atoms. The van der Waals surface area contributed by atoms with Crippen molar-refractivity contribution in [2.24, 2.45) is 29.4 Å². The predicted molar refractivity (Wildman–Crippen MR) is 94.6 cm³/mol. The summed E-state index contributed by atoms with van der Waals surface area (Å²) in [6.45, 7) is 1.65. The molecule has 1 aromatic carbocycles. The molecule has 2 fully saturated rings. The molecule has 9 nitrogen and oxygen atoms in total. The lowest BCUT2D eigenvalue weighted by Crippen LogP contribution is -2.72. The van der Waals surface area contributed by atoms with Gasteiger partial charge in [-0.2, -0.15) is 0 Å². The summed E-state index contributed by atoms with van der Waals surface area (Å²) in [4.78, 5) is 63.1. The van der Waals surface area contributed by atoms with Crippen LogP contribution in [-0.4, -0.2) is 56.1 Å². The number of fused-ring (bicyclic) bond motifs is 3. The van der Waals surface area contributed by atoms with Crippen molar-refractivity contribution in [3.63, 3.8) is 0 Å². The van der Waals surface area contributed by atoms with Gasteiger partial charge in [-0.1, -0.05) is 19.1 Å². The van der Waals surface area contributed by atoms with E-state index < -0.39 is 76.8 Å². The molecule has 3 aliphatic carbocycles. The molecule has 4 rings (SSSR count). The topological polar surface area (TPSA) is 172 Å². The monoisotopic (exact) mass is 401 g/mol. The maximum absolute atomic E-state index is 13.3. The SMILES string of the molecule is CC1c2cccc(O)c2C(=O)C2C(=O)[C@]3(O)C(=O)C(C(N)=O)C(=O)CC3C(O)C21. The number of benzene rings is 1. The molecule has 2 saturated carbocycles. The van der Waals surface area contributed by atoms with E-state index in [1.165, 1.54) is 12.1 Å². The third-order valence-corrected chi connectivity index (χ3v) is 6.72. The number of ketones is 4. The molecule has 0 heterocycles. The van der Waals surface area contributed by atoms with Crippen molar-refractivity contribution >= 4 is 29.0 Å².